The van der Waals surface area contributed by atoms with E-state index in [0.717, 1.165) is 32.8 Å². The number of amides is 1. The first-order chi connectivity index (χ1) is 9.27. The predicted molar refractivity (Wildman–Crippen MR) is 72.7 cm³/mol. The Morgan fingerprint density at radius 2 is 2.16 bits per heavy atom. The smallest absolute Gasteiger partial charge is 0.263 e. The van der Waals surface area contributed by atoms with Crippen molar-refractivity contribution in [3.8, 4) is 6.07 Å². The molecule has 6 nitrogen and oxygen atoms in total. The topological polar surface area (TPSA) is 77.4 Å². The van der Waals surface area contributed by atoms with Gasteiger partial charge in [0.05, 0.1) is 13.2 Å². The molecule has 1 amide bonds. The number of morpholine rings is 1. The van der Waals surface area contributed by atoms with Crippen LogP contribution in [-0.2, 0) is 9.53 Å². The fourth-order valence-corrected chi connectivity index (χ4v) is 1.72. The normalized spacial score (nSPS) is 16.7. The summed E-state index contributed by atoms with van der Waals surface area (Å²) in [5, 5.41) is 14.4. The lowest BCUT2D eigenvalue weighted by molar-refractivity contribution is -0.117. The Bertz CT molecular complexity index is 348. The average Bonchev–Trinajstić information content (AvgIpc) is 2.46. The van der Waals surface area contributed by atoms with E-state index in [0.29, 0.717) is 19.0 Å². The number of ether oxygens (including phenoxy) is 1. The van der Waals surface area contributed by atoms with Gasteiger partial charge in [0.25, 0.3) is 5.91 Å². The van der Waals surface area contributed by atoms with E-state index >= 15 is 0 Å². The van der Waals surface area contributed by atoms with Crippen LogP contribution in [0.5, 0.6) is 0 Å². The van der Waals surface area contributed by atoms with Gasteiger partial charge in [-0.05, 0) is 0 Å². The van der Waals surface area contributed by atoms with Gasteiger partial charge >= 0.3 is 0 Å². The quantitative estimate of drug-likeness (QED) is 0.290. The van der Waals surface area contributed by atoms with Crippen LogP contribution >= 0.6 is 11.6 Å². The summed E-state index contributed by atoms with van der Waals surface area (Å²) in [6.07, 6.45) is 1.45. The molecule has 1 rings (SSSR count). The van der Waals surface area contributed by atoms with Crippen LogP contribution in [-0.4, -0.2) is 62.6 Å². The maximum atomic E-state index is 11.5. The second-order valence-corrected chi connectivity index (χ2v) is 4.40. The molecule has 1 heterocycles. The first-order valence-electron chi connectivity index (χ1n) is 6.26. The van der Waals surface area contributed by atoms with Crippen LogP contribution < -0.4 is 10.6 Å². The first kappa shape index (κ1) is 15.8. The zero-order valence-corrected chi connectivity index (χ0v) is 11.6. The standard InChI is InChI=1S/C12H19ClN4O2/c13-1-2-16-12(18)11(9-14)10-15-3-4-17-5-7-19-8-6-17/h10,15H,1-8H2,(H,16,18)/b11-10-. The van der Waals surface area contributed by atoms with Gasteiger partial charge in [-0.25, -0.2) is 0 Å². The molecular formula is C12H19ClN4O2. The SMILES string of the molecule is N#C/C(=C/NCCN1CCOCC1)C(=O)NCCCl. The molecule has 1 aliphatic heterocycles. The van der Waals surface area contributed by atoms with Gasteiger partial charge in [0.15, 0.2) is 0 Å². The molecule has 0 saturated carbocycles. The van der Waals surface area contributed by atoms with Crippen LogP contribution in [0.1, 0.15) is 0 Å². The van der Waals surface area contributed by atoms with Crippen LogP contribution in [0.4, 0.5) is 0 Å². The average molecular weight is 287 g/mol. The van der Waals surface area contributed by atoms with Crippen molar-refractivity contribution < 1.29 is 9.53 Å². The Morgan fingerprint density at radius 1 is 1.42 bits per heavy atom. The van der Waals surface area contributed by atoms with Crippen molar-refractivity contribution in [2.45, 2.75) is 0 Å². The Balaban J connectivity index is 2.24. The molecule has 0 aromatic heterocycles. The summed E-state index contributed by atoms with van der Waals surface area (Å²) in [5.41, 5.74) is 0.0621. The Labute approximate surface area is 118 Å². The molecule has 0 radical (unpaired) electrons. The van der Waals surface area contributed by atoms with E-state index in [1.807, 2.05) is 6.07 Å². The molecule has 1 fully saturated rings. The molecule has 0 bridgehead atoms. The number of nitrogens with zero attached hydrogens (tertiary/aromatic N) is 2. The summed E-state index contributed by atoms with van der Waals surface area (Å²) in [6.45, 7) is 5.28. The molecule has 106 valence electrons. The van der Waals surface area contributed by atoms with Gasteiger partial charge in [0.1, 0.15) is 11.6 Å². The van der Waals surface area contributed by atoms with E-state index in [-0.39, 0.29) is 5.57 Å². The van der Waals surface area contributed by atoms with E-state index in [4.69, 9.17) is 21.6 Å². The van der Waals surface area contributed by atoms with Crippen molar-refractivity contribution in [2.75, 3.05) is 51.8 Å². The maximum absolute atomic E-state index is 11.5. The van der Waals surface area contributed by atoms with Gasteiger partial charge in [-0.1, -0.05) is 0 Å². The van der Waals surface area contributed by atoms with Crippen LogP contribution in [0.3, 0.4) is 0 Å². The van der Waals surface area contributed by atoms with Crippen molar-refractivity contribution in [2.24, 2.45) is 0 Å². The molecule has 0 aromatic rings. The number of hydrogen-bond donors (Lipinski definition) is 2. The number of alkyl halides is 1. The lowest BCUT2D eigenvalue weighted by atomic mass is 10.3. The van der Waals surface area contributed by atoms with Crippen LogP contribution in [0, 0.1) is 11.3 Å². The highest BCUT2D eigenvalue weighted by Gasteiger charge is 2.10. The van der Waals surface area contributed by atoms with E-state index < -0.39 is 5.91 Å². The van der Waals surface area contributed by atoms with Gasteiger partial charge < -0.3 is 15.4 Å². The third kappa shape index (κ3) is 6.43. The summed E-state index contributed by atoms with van der Waals surface area (Å²) >= 11 is 5.46. The summed E-state index contributed by atoms with van der Waals surface area (Å²) in [7, 11) is 0. The van der Waals surface area contributed by atoms with Crippen molar-refractivity contribution >= 4 is 17.5 Å². The molecule has 1 saturated heterocycles. The number of nitriles is 1. The van der Waals surface area contributed by atoms with Crippen molar-refractivity contribution in [3.05, 3.63) is 11.8 Å². The highest BCUT2D eigenvalue weighted by atomic mass is 35.5. The largest absolute Gasteiger partial charge is 0.388 e. The van der Waals surface area contributed by atoms with Crippen LogP contribution in [0.15, 0.2) is 11.8 Å². The van der Waals surface area contributed by atoms with E-state index in [1.165, 1.54) is 6.20 Å². The summed E-state index contributed by atoms with van der Waals surface area (Å²) in [5.74, 6) is -0.0726. The number of nitrogens with one attached hydrogen (secondary N) is 2. The number of hydrogen-bond acceptors (Lipinski definition) is 5. The minimum Gasteiger partial charge on any atom is -0.388 e. The molecule has 1 aliphatic rings. The molecule has 2 N–H and O–H groups in total. The summed E-state index contributed by atoms with van der Waals surface area (Å²) in [4.78, 5) is 13.8. The second kappa shape index (κ2) is 9.62. The lowest BCUT2D eigenvalue weighted by Crippen LogP contribution is -2.39. The number of carbonyl (C=O) groups is 1. The molecular weight excluding hydrogens is 268 g/mol. The number of halogens is 1. The van der Waals surface area contributed by atoms with E-state index in [1.54, 1.807) is 0 Å². The molecule has 0 atom stereocenters. The minimum atomic E-state index is -0.401. The van der Waals surface area contributed by atoms with Crippen molar-refractivity contribution in [3.63, 3.8) is 0 Å². The third-order valence-electron chi connectivity index (χ3n) is 2.67. The van der Waals surface area contributed by atoms with Gasteiger partial charge in [0.2, 0.25) is 0 Å². The molecule has 19 heavy (non-hydrogen) atoms. The summed E-state index contributed by atoms with van der Waals surface area (Å²) in [6, 6.07) is 1.86. The minimum absolute atomic E-state index is 0.0621. The monoisotopic (exact) mass is 286 g/mol. The maximum Gasteiger partial charge on any atom is 0.263 e. The molecule has 0 aromatic carbocycles. The Kier molecular flexibility index (Phi) is 7.98. The number of carbonyl (C=O) groups excluding carboxylic acids is 1. The van der Waals surface area contributed by atoms with Crippen LogP contribution in [0.2, 0.25) is 0 Å². The third-order valence-corrected chi connectivity index (χ3v) is 2.86. The van der Waals surface area contributed by atoms with Crippen LogP contribution in [0.25, 0.3) is 0 Å². The molecule has 0 unspecified atom stereocenters. The predicted octanol–water partition coefficient (Wildman–Crippen LogP) is -0.329. The second-order valence-electron chi connectivity index (χ2n) is 4.02. The van der Waals surface area contributed by atoms with Gasteiger partial charge in [-0.2, -0.15) is 5.26 Å². The van der Waals surface area contributed by atoms with Gasteiger partial charge in [-0.3, -0.25) is 9.69 Å². The van der Waals surface area contributed by atoms with Crippen molar-refractivity contribution in [1.29, 1.82) is 5.26 Å². The highest BCUT2D eigenvalue weighted by Crippen LogP contribution is 1.95. The highest BCUT2D eigenvalue weighted by molar-refractivity contribution is 6.18. The lowest BCUT2D eigenvalue weighted by Gasteiger charge is -2.26. The Morgan fingerprint density at radius 3 is 2.79 bits per heavy atom. The van der Waals surface area contributed by atoms with Gasteiger partial charge in [-0.15, -0.1) is 11.6 Å². The Hall–Kier alpha value is -1.29. The summed E-state index contributed by atoms with van der Waals surface area (Å²) < 4.78 is 5.25. The number of rotatable bonds is 7. The zero-order valence-electron chi connectivity index (χ0n) is 10.8. The van der Waals surface area contributed by atoms with Crippen molar-refractivity contribution in [1.82, 2.24) is 15.5 Å². The molecule has 7 heteroatoms. The fraction of sp³-hybridized carbons (Fsp3) is 0.667. The van der Waals surface area contributed by atoms with E-state index in [9.17, 15) is 4.79 Å². The van der Waals surface area contributed by atoms with E-state index in [2.05, 4.69) is 15.5 Å². The van der Waals surface area contributed by atoms with Gasteiger partial charge in [0, 0.05) is 44.8 Å². The molecule has 0 spiro atoms. The first-order valence-corrected chi connectivity index (χ1v) is 6.79. The fourth-order valence-electron chi connectivity index (χ4n) is 1.63. The molecule has 0 aliphatic carbocycles. The zero-order chi connectivity index (χ0) is 13.9.